The third-order valence-corrected chi connectivity index (χ3v) is 5.05. The molecule has 1 saturated heterocycles. The summed E-state index contributed by atoms with van der Waals surface area (Å²) in [5.74, 6) is -1.87. The Balaban J connectivity index is 1.89. The number of anilines is 1. The number of ether oxygens (including phenoxy) is 1. The Morgan fingerprint density at radius 1 is 1.39 bits per heavy atom. The molecule has 2 aromatic rings. The largest absolute Gasteiger partial charge is 0.479 e. The molecule has 6 atom stereocenters. The van der Waals surface area contributed by atoms with Gasteiger partial charge in [0.25, 0.3) is 0 Å². The molecule has 28 heavy (non-hydrogen) atoms. The third kappa shape index (κ3) is 3.37. The molecule has 0 aromatic carbocycles. The Morgan fingerprint density at radius 3 is 2.75 bits per heavy atom. The van der Waals surface area contributed by atoms with E-state index in [4.69, 9.17) is 16.2 Å². The number of carbonyl (C=O) groups excluding carboxylic acids is 1. The maximum absolute atomic E-state index is 12.4. The Kier molecular flexibility index (Phi) is 5.45. The second-order valence-electron chi connectivity index (χ2n) is 6.80. The second-order valence-corrected chi connectivity index (χ2v) is 6.80. The number of carbonyl (C=O) groups is 2. The summed E-state index contributed by atoms with van der Waals surface area (Å²) in [4.78, 5) is 36.0. The summed E-state index contributed by atoms with van der Waals surface area (Å²) in [6.45, 7) is 3.70. The van der Waals surface area contributed by atoms with Crippen molar-refractivity contribution in [1.82, 2.24) is 24.8 Å². The van der Waals surface area contributed by atoms with E-state index in [1.807, 2.05) is 13.8 Å². The Labute approximate surface area is 159 Å². The fraction of sp³-hybridized carbons (Fsp3) is 0.562. The highest BCUT2D eigenvalue weighted by Gasteiger charge is 2.49. The predicted octanol–water partition coefficient (Wildman–Crippen LogP) is -1.39. The van der Waals surface area contributed by atoms with E-state index in [-0.39, 0.29) is 22.9 Å². The highest BCUT2D eigenvalue weighted by molar-refractivity contribution is 5.84. The molecule has 1 amide bonds. The van der Waals surface area contributed by atoms with Crippen molar-refractivity contribution < 1.29 is 24.5 Å². The molecular formula is C16H23N7O5. The lowest BCUT2D eigenvalue weighted by Gasteiger charge is -2.24. The van der Waals surface area contributed by atoms with Gasteiger partial charge in [-0.15, -0.1) is 0 Å². The molecule has 152 valence electrons. The van der Waals surface area contributed by atoms with Crippen LogP contribution in [0.1, 0.15) is 26.5 Å². The Bertz CT molecular complexity index is 887. The fourth-order valence-corrected chi connectivity index (χ4v) is 3.10. The maximum Gasteiger partial charge on any atom is 0.335 e. The number of aliphatic hydroxyl groups is 1. The zero-order valence-electron chi connectivity index (χ0n) is 15.4. The van der Waals surface area contributed by atoms with Gasteiger partial charge >= 0.3 is 5.97 Å². The van der Waals surface area contributed by atoms with Crippen LogP contribution in [0.4, 0.5) is 5.82 Å². The van der Waals surface area contributed by atoms with E-state index in [0.29, 0.717) is 6.42 Å². The average molecular weight is 393 g/mol. The summed E-state index contributed by atoms with van der Waals surface area (Å²) < 4.78 is 6.88. The summed E-state index contributed by atoms with van der Waals surface area (Å²) in [6.07, 6.45) is -0.808. The standard InChI is InChI=1S/C16H23N7O5/c1-3-6(2)7(17)14(25)22-8-10(24)15(28-11(8)16(26)27)23-5-21-9-12(18)19-4-20-13(9)23/h4-8,10-11,15,24H,3,17H2,1-2H3,(H,22,25)(H,26,27)(H2,18,19,20). The van der Waals surface area contributed by atoms with Gasteiger partial charge in [-0.25, -0.2) is 19.7 Å². The molecule has 7 N–H and O–H groups in total. The number of carboxylic acids is 1. The lowest BCUT2D eigenvalue weighted by molar-refractivity contribution is -0.152. The fourth-order valence-electron chi connectivity index (χ4n) is 3.10. The van der Waals surface area contributed by atoms with Gasteiger partial charge in [0.1, 0.15) is 17.9 Å². The zero-order chi connectivity index (χ0) is 20.6. The number of nitrogen functional groups attached to an aromatic ring is 1. The zero-order valence-corrected chi connectivity index (χ0v) is 15.4. The molecule has 1 aliphatic rings. The third-order valence-electron chi connectivity index (χ3n) is 5.05. The second kappa shape index (κ2) is 7.66. The van der Waals surface area contributed by atoms with Gasteiger partial charge in [0, 0.05) is 0 Å². The minimum atomic E-state index is -1.48. The van der Waals surface area contributed by atoms with Crippen molar-refractivity contribution in [3.63, 3.8) is 0 Å². The summed E-state index contributed by atoms with van der Waals surface area (Å²) in [6, 6.07) is -2.05. The normalized spacial score (nSPS) is 26.9. The molecule has 6 unspecified atom stereocenters. The number of imidazole rings is 1. The first-order chi connectivity index (χ1) is 13.3. The highest BCUT2D eigenvalue weighted by Crippen LogP contribution is 2.32. The van der Waals surface area contributed by atoms with Crippen molar-refractivity contribution in [1.29, 1.82) is 0 Å². The molecule has 12 nitrogen and oxygen atoms in total. The number of nitrogens with two attached hydrogens (primary N) is 2. The molecule has 1 aliphatic heterocycles. The van der Waals surface area contributed by atoms with Crippen LogP contribution in [0.15, 0.2) is 12.7 Å². The maximum atomic E-state index is 12.4. The molecular weight excluding hydrogens is 370 g/mol. The first kappa shape index (κ1) is 19.9. The Morgan fingerprint density at radius 2 is 2.11 bits per heavy atom. The van der Waals surface area contributed by atoms with Crippen LogP contribution in [-0.4, -0.2) is 65.9 Å². The first-order valence-electron chi connectivity index (χ1n) is 8.81. The number of hydrogen-bond donors (Lipinski definition) is 5. The van der Waals surface area contributed by atoms with E-state index in [2.05, 4.69) is 20.3 Å². The van der Waals surface area contributed by atoms with Crippen molar-refractivity contribution in [3.8, 4) is 0 Å². The molecule has 0 spiro atoms. The molecule has 12 heteroatoms. The number of fused-ring (bicyclic) bond motifs is 1. The number of hydrogen-bond acceptors (Lipinski definition) is 9. The lowest BCUT2D eigenvalue weighted by atomic mass is 9.98. The van der Waals surface area contributed by atoms with Crippen LogP contribution in [-0.2, 0) is 14.3 Å². The van der Waals surface area contributed by atoms with Gasteiger partial charge in [-0.05, 0) is 5.92 Å². The molecule has 3 rings (SSSR count). The number of aromatic nitrogens is 4. The van der Waals surface area contributed by atoms with E-state index in [1.165, 1.54) is 17.2 Å². The van der Waals surface area contributed by atoms with Gasteiger partial charge in [0.15, 0.2) is 23.8 Å². The molecule has 0 aliphatic carbocycles. The van der Waals surface area contributed by atoms with Gasteiger partial charge in [0.05, 0.1) is 18.4 Å². The smallest absolute Gasteiger partial charge is 0.335 e. The topological polar surface area (TPSA) is 191 Å². The lowest BCUT2D eigenvalue weighted by Crippen LogP contribution is -2.55. The summed E-state index contributed by atoms with van der Waals surface area (Å²) in [5.41, 5.74) is 12.2. The van der Waals surface area contributed by atoms with Crippen LogP contribution in [0.2, 0.25) is 0 Å². The van der Waals surface area contributed by atoms with Crippen molar-refractivity contribution in [2.45, 2.75) is 50.8 Å². The molecule has 3 heterocycles. The van der Waals surface area contributed by atoms with E-state index in [9.17, 15) is 19.8 Å². The molecule has 0 saturated carbocycles. The van der Waals surface area contributed by atoms with E-state index >= 15 is 0 Å². The van der Waals surface area contributed by atoms with Gasteiger partial charge < -0.3 is 31.7 Å². The van der Waals surface area contributed by atoms with Crippen LogP contribution < -0.4 is 16.8 Å². The number of carboxylic acid groups (broad SMARTS) is 1. The summed E-state index contributed by atoms with van der Waals surface area (Å²) >= 11 is 0. The molecule has 0 bridgehead atoms. The number of nitrogens with zero attached hydrogens (tertiary/aromatic N) is 4. The summed E-state index contributed by atoms with van der Waals surface area (Å²) in [5, 5.41) is 22.7. The Hall–Kier alpha value is -2.83. The van der Waals surface area contributed by atoms with Gasteiger partial charge in [-0.2, -0.15) is 0 Å². The van der Waals surface area contributed by atoms with Crippen molar-refractivity contribution in [2.75, 3.05) is 5.73 Å². The number of aliphatic carboxylic acids is 1. The summed E-state index contributed by atoms with van der Waals surface area (Å²) in [7, 11) is 0. The molecule has 0 radical (unpaired) electrons. The first-order valence-corrected chi connectivity index (χ1v) is 8.81. The van der Waals surface area contributed by atoms with Gasteiger partial charge in [0.2, 0.25) is 5.91 Å². The van der Waals surface area contributed by atoms with Crippen LogP contribution in [0.5, 0.6) is 0 Å². The monoisotopic (exact) mass is 393 g/mol. The minimum absolute atomic E-state index is 0.115. The predicted molar refractivity (Wildman–Crippen MR) is 96.6 cm³/mol. The van der Waals surface area contributed by atoms with Crippen LogP contribution >= 0.6 is 0 Å². The number of rotatable bonds is 6. The van der Waals surface area contributed by atoms with Gasteiger partial charge in [-0.3, -0.25) is 9.36 Å². The average Bonchev–Trinajstić information content (AvgIpc) is 3.23. The van der Waals surface area contributed by atoms with Crippen LogP contribution in [0.25, 0.3) is 11.2 Å². The van der Waals surface area contributed by atoms with E-state index in [1.54, 1.807) is 0 Å². The number of amides is 1. The van der Waals surface area contributed by atoms with Gasteiger partial charge in [-0.1, -0.05) is 20.3 Å². The van der Waals surface area contributed by atoms with Crippen LogP contribution in [0, 0.1) is 5.92 Å². The van der Waals surface area contributed by atoms with Crippen molar-refractivity contribution >= 4 is 28.9 Å². The van der Waals surface area contributed by atoms with E-state index in [0.717, 1.165) is 0 Å². The SMILES string of the molecule is CCC(C)C(N)C(=O)NC1C(C(=O)O)OC(n2cnc3c(N)ncnc32)C1O. The minimum Gasteiger partial charge on any atom is -0.479 e. The molecule has 1 fully saturated rings. The quantitative estimate of drug-likeness (QED) is 0.390. The van der Waals surface area contributed by atoms with Crippen molar-refractivity contribution in [3.05, 3.63) is 12.7 Å². The number of aliphatic hydroxyl groups excluding tert-OH is 1. The van der Waals surface area contributed by atoms with Crippen LogP contribution in [0.3, 0.4) is 0 Å². The van der Waals surface area contributed by atoms with Crippen molar-refractivity contribution in [2.24, 2.45) is 11.7 Å². The molecule has 2 aromatic heterocycles. The highest BCUT2D eigenvalue weighted by atomic mass is 16.6. The number of nitrogens with one attached hydrogen (secondary N) is 1. The van der Waals surface area contributed by atoms with E-state index < -0.39 is 42.4 Å².